The van der Waals surface area contributed by atoms with E-state index in [9.17, 15) is 19.4 Å². The Morgan fingerprint density at radius 3 is 2.83 bits per heavy atom. The molecule has 0 spiro atoms. The van der Waals surface area contributed by atoms with Crippen LogP contribution in [0.1, 0.15) is 6.23 Å². The summed E-state index contributed by atoms with van der Waals surface area (Å²) in [6.45, 7) is -0.679. The van der Waals surface area contributed by atoms with Gasteiger partial charge in [-0.2, -0.15) is 4.98 Å². The van der Waals surface area contributed by atoms with E-state index in [1.807, 2.05) is 0 Å². The lowest BCUT2D eigenvalue weighted by molar-refractivity contribution is -0.115. The molecule has 0 saturated carbocycles. The fourth-order valence-electron chi connectivity index (χ4n) is 2.16. The van der Waals surface area contributed by atoms with Gasteiger partial charge in [-0.1, -0.05) is 0 Å². The van der Waals surface area contributed by atoms with E-state index in [0.29, 0.717) is 0 Å². The molecule has 4 atom stereocenters. The summed E-state index contributed by atoms with van der Waals surface area (Å²) >= 11 is 5.68. The molecule has 4 unspecified atom stereocenters. The molecule has 2 heterocycles. The first kappa shape index (κ1) is 17.8. The minimum absolute atomic E-state index is 0.152. The lowest BCUT2D eigenvalue weighted by Crippen LogP contribution is -2.47. The van der Waals surface area contributed by atoms with Gasteiger partial charge < -0.3 is 19.8 Å². The van der Waals surface area contributed by atoms with E-state index in [1.165, 1.54) is 18.6 Å². The average Bonchev–Trinajstić information content (AvgIpc) is 2.78. The molecule has 1 aliphatic rings. The van der Waals surface area contributed by atoms with Crippen molar-refractivity contribution in [3.05, 3.63) is 22.7 Å². The SMILES string of the molecule is CN(C)C=Nc1ccn(C2OC(CO)(CCl)C(O)C2F)c(=O)n1. The summed E-state index contributed by atoms with van der Waals surface area (Å²) in [5.74, 6) is -0.172. The molecule has 8 nitrogen and oxygen atoms in total. The maximum absolute atomic E-state index is 14.3. The van der Waals surface area contributed by atoms with Crippen LogP contribution in [-0.2, 0) is 4.74 Å². The zero-order valence-corrected chi connectivity index (χ0v) is 13.4. The molecular weight excluding hydrogens is 331 g/mol. The van der Waals surface area contributed by atoms with Crippen molar-refractivity contribution in [3.8, 4) is 0 Å². The van der Waals surface area contributed by atoms with Crippen LogP contribution in [0.2, 0.25) is 0 Å². The van der Waals surface area contributed by atoms with Gasteiger partial charge in [0.2, 0.25) is 0 Å². The molecule has 128 valence electrons. The van der Waals surface area contributed by atoms with Crippen LogP contribution in [0.4, 0.5) is 10.2 Å². The first-order valence-electron chi connectivity index (χ1n) is 6.81. The summed E-state index contributed by atoms with van der Waals surface area (Å²) in [6, 6.07) is 1.41. The van der Waals surface area contributed by atoms with E-state index < -0.39 is 36.4 Å². The average molecular weight is 349 g/mol. The van der Waals surface area contributed by atoms with Crippen LogP contribution >= 0.6 is 11.6 Å². The van der Waals surface area contributed by atoms with Crippen molar-refractivity contribution in [3.63, 3.8) is 0 Å². The third-order valence-corrected chi connectivity index (χ3v) is 3.93. The summed E-state index contributed by atoms with van der Waals surface area (Å²) in [4.78, 5) is 21.4. The third kappa shape index (κ3) is 3.37. The largest absolute Gasteiger partial charge is 0.393 e. The van der Waals surface area contributed by atoms with E-state index in [4.69, 9.17) is 16.3 Å². The fourth-order valence-corrected chi connectivity index (χ4v) is 2.46. The molecule has 0 aromatic carbocycles. The van der Waals surface area contributed by atoms with Crippen molar-refractivity contribution in [2.75, 3.05) is 26.6 Å². The zero-order valence-electron chi connectivity index (χ0n) is 12.6. The first-order valence-corrected chi connectivity index (χ1v) is 7.34. The molecular formula is C13H18ClFN4O4. The molecule has 0 aliphatic carbocycles. The molecule has 10 heteroatoms. The number of hydrogen-bond acceptors (Lipinski definition) is 6. The second-order valence-electron chi connectivity index (χ2n) is 5.44. The Morgan fingerprint density at radius 2 is 2.35 bits per heavy atom. The number of aliphatic hydroxyl groups excluding tert-OH is 2. The third-order valence-electron chi connectivity index (χ3n) is 3.47. The molecule has 0 amide bonds. The van der Waals surface area contributed by atoms with Crippen molar-refractivity contribution in [2.24, 2.45) is 4.99 Å². The normalized spacial score (nSPS) is 31.0. The summed E-state index contributed by atoms with van der Waals surface area (Å²) in [5, 5.41) is 19.3. The van der Waals surface area contributed by atoms with Crippen LogP contribution in [0.3, 0.4) is 0 Å². The van der Waals surface area contributed by atoms with Crippen molar-refractivity contribution < 1.29 is 19.3 Å². The van der Waals surface area contributed by atoms with Gasteiger partial charge >= 0.3 is 5.69 Å². The Morgan fingerprint density at radius 1 is 1.65 bits per heavy atom. The molecule has 1 aliphatic heterocycles. The van der Waals surface area contributed by atoms with Gasteiger partial charge in [-0.25, -0.2) is 14.2 Å². The van der Waals surface area contributed by atoms with Crippen molar-refractivity contribution in [1.29, 1.82) is 0 Å². The van der Waals surface area contributed by atoms with Gasteiger partial charge in [-0.05, 0) is 6.07 Å². The molecule has 0 bridgehead atoms. The van der Waals surface area contributed by atoms with Crippen LogP contribution in [0, 0.1) is 0 Å². The summed E-state index contributed by atoms with van der Waals surface area (Å²) in [7, 11) is 3.51. The van der Waals surface area contributed by atoms with E-state index in [1.54, 1.807) is 19.0 Å². The van der Waals surface area contributed by atoms with Crippen LogP contribution in [-0.4, -0.2) is 75.5 Å². The van der Waals surface area contributed by atoms with Gasteiger partial charge in [0.05, 0.1) is 18.8 Å². The van der Waals surface area contributed by atoms with Crippen LogP contribution in [0.15, 0.2) is 22.1 Å². The minimum Gasteiger partial charge on any atom is -0.393 e. The monoisotopic (exact) mass is 348 g/mol. The van der Waals surface area contributed by atoms with Gasteiger partial charge in [-0.15, -0.1) is 11.6 Å². The minimum atomic E-state index is -1.93. The van der Waals surface area contributed by atoms with Crippen molar-refractivity contribution in [2.45, 2.75) is 24.1 Å². The number of halogens is 2. The highest BCUT2D eigenvalue weighted by Crippen LogP contribution is 2.39. The second-order valence-corrected chi connectivity index (χ2v) is 5.71. The number of hydrogen-bond donors (Lipinski definition) is 2. The number of aliphatic imine (C=N–C) groups is 1. The molecule has 0 radical (unpaired) electrons. The Bertz CT molecular complexity index is 635. The number of rotatable bonds is 5. The quantitative estimate of drug-likeness (QED) is 0.429. The number of nitrogens with zero attached hydrogens (tertiary/aromatic N) is 4. The van der Waals surface area contributed by atoms with Crippen molar-refractivity contribution in [1.82, 2.24) is 14.5 Å². The highest BCUT2D eigenvalue weighted by molar-refractivity contribution is 6.18. The van der Waals surface area contributed by atoms with E-state index >= 15 is 0 Å². The second kappa shape index (κ2) is 6.91. The molecule has 1 saturated heterocycles. The first-order chi connectivity index (χ1) is 10.8. The number of aromatic nitrogens is 2. The van der Waals surface area contributed by atoms with Gasteiger partial charge in [0.25, 0.3) is 0 Å². The number of aliphatic hydroxyl groups is 2. The standard InChI is InChI=1S/C13H18ClFN4O4/c1-18(2)7-16-8-3-4-19(12(22)17-8)11-9(15)10(21)13(5-14,6-20)23-11/h3-4,7,9-11,20-21H,5-6H2,1-2H3. The van der Waals surface area contributed by atoms with Crippen molar-refractivity contribution >= 4 is 23.8 Å². The van der Waals surface area contributed by atoms with Gasteiger partial charge in [0.15, 0.2) is 18.2 Å². The summed E-state index contributed by atoms with van der Waals surface area (Å²) in [5.41, 5.74) is -2.45. The Balaban J connectivity index is 2.31. The van der Waals surface area contributed by atoms with E-state index in [0.717, 1.165) is 4.57 Å². The van der Waals surface area contributed by atoms with E-state index in [2.05, 4.69) is 9.98 Å². The van der Waals surface area contributed by atoms with Gasteiger partial charge in [0.1, 0.15) is 11.7 Å². The lowest BCUT2D eigenvalue weighted by atomic mass is 9.99. The maximum Gasteiger partial charge on any atom is 0.351 e. The Kier molecular flexibility index (Phi) is 5.35. The summed E-state index contributed by atoms with van der Waals surface area (Å²) < 4.78 is 20.5. The topological polar surface area (TPSA) is 100 Å². The Labute approximate surface area is 136 Å². The predicted octanol–water partition coefficient (Wildman–Crippen LogP) is -0.338. The van der Waals surface area contributed by atoms with E-state index in [-0.39, 0.29) is 11.7 Å². The molecule has 2 N–H and O–H groups in total. The fraction of sp³-hybridized carbons (Fsp3) is 0.615. The Hall–Kier alpha value is -1.55. The lowest BCUT2D eigenvalue weighted by Gasteiger charge is -2.26. The molecule has 1 aromatic rings. The van der Waals surface area contributed by atoms with Crippen LogP contribution in [0.5, 0.6) is 0 Å². The number of ether oxygens (including phenoxy) is 1. The number of alkyl halides is 2. The smallest absolute Gasteiger partial charge is 0.351 e. The maximum atomic E-state index is 14.3. The van der Waals surface area contributed by atoms with Gasteiger partial charge in [0, 0.05) is 20.3 Å². The molecule has 1 aromatic heterocycles. The molecule has 23 heavy (non-hydrogen) atoms. The highest BCUT2D eigenvalue weighted by atomic mass is 35.5. The predicted molar refractivity (Wildman–Crippen MR) is 81.9 cm³/mol. The molecule has 2 rings (SSSR count). The summed E-state index contributed by atoms with van der Waals surface area (Å²) in [6.07, 6.45) is -2.29. The molecule has 1 fully saturated rings. The van der Waals surface area contributed by atoms with Gasteiger partial charge in [-0.3, -0.25) is 4.57 Å². The van der Waals surface area contributed by atoms with Crippen LogP contribution in [0.25, 0.3) is 0 Å². The van der Waals surface area contributed by atoms with Crippen LogP contribution < -0.4 is 5.69 Å². The zero-order chi connectivity index (χ0) is 17.2. The highest BCUT2D eigenvalue weighted by Gasteiger charge is 2.55.